The average molecular weight is 803 g/mol. The number of aliphatic carboxylic acids is 2. The molecule has 320 valence electrons. The molecule has 1 aromatic rings. The van der Waals surface area contributed by atoms with Crippen LogP contribution in [-0.2, 0) is 44.8 Å². The van der Waals surface area contributed by atoms with Crippen LogP contribution in [0.1, 0.15) is 119 Å². The summed E-state index contributed by atoms with van der Waals surface area (Å²) in [4.78, 5) is 104. The van der Waals surface area contributed by atoms with E-state index in [1.807, 2.05) is 0 Å². The molecule has 1 aromatic carbocycles. The summed E-state index contributed by atoms with van der Waals surface area (Å²) in [6.45, 7) is 13.8. The molecule has 0 aromatic heterocycles. The number of carbonyl (C=O) groups excluding carboxylic acids is 6. The number of hydrogen-bond donors (Lipinski definition) is 8. The molecule has 6 atom stereocenters. The number of carboxylic acid groups (broad SMARTS) is 2. The van der Waals surface area contributed by atoms with Crippen LogP contribution in [0.3, 0.4) is 0 Å². The molecule has 0 heterocycles. The highest BCUT2D eigenvalue weighted by atomic mass is 16.4. The van der Waals surface area contributed by atoms with E-state index in [1.54, 1.807) is 71.9 Å². The highest BCUT2D eigenvalue weighted by molar-refractivity contribution is 5.97. The number of carbonyl (C=O) groups is 8. The molecule has 0 unspecified atom stereocenters. The van der Waals surface area contributed by atoms with Crippen LogP contribution in [0.25, 0.3) is 0 Å². The van der Waals surface area contributed by atoms with E-state index in [1.165, 1.54) is 6.92 Å². The Bertz CT molecular complexity index is 1490. The molecule has 0 radical (unpaired) electrons. The summed E-state index contributed by atoms with van der Waals surface area (Å²) in [7, 11) is 0. The van der Waals surface area contributed by atoms with Crippen LogP contribution in [0.2, 0.25) is 0 Å². The minimum atomic E-state index is -1.46. The van der Waals surface area contributed by atoms with Crippen molar-refractivity contribution in [2.45, 2.75) is 156 Å². The summed E-state index contributed by atoms with van der Waals surface area (Å²) in [6.07, 6.45) is 4.19. The molecule has 0 spiro atoms. The third-order valence-corrected chi connectivity index (χ3v) is 9.29. The molecule has 0 aliphatic rings. The minimum absolute atomic E-state index is 0.000247. The molecule has 0 aliphatic heterocycles. The second kappa shape index (κ2) is 26.0. The fourth-order valence-corrected chi connectivity index (χ4v) is 5.95. The quantitative estimate of drug-likeness (QED) is 0.0605. The average Bonchev–Trinajstić information content (AvgIpc) is 3.13. The van der Waals surface area contributed by atoms with Crippen molar-refractivity contribution in [1.82, 2.24) is 31.9 Å². The highest BCUT2D eigenvalue weighted by Gasteiger charge is 2.34. The predicted octanol–water partition coefficient (Wildman–Crippen LogP) is 2.83. The van der Waals surface area contributed by atoms with Gasteiger partial charge in [-0.05, 0) is 49.5 Å². The van der Waals surface area contributed by atoms with E-state index in [-0.39, 0.29) is 43.4 Å². The van der Waals surface area contributed by atoms with E-state index in [0.29, 0.717) is 12.0 Å². The molecule has 1 rings (SSSR count). The second-order valence-electron chi connectivity index (χ2n) is 15.7. The Morgan fingerprint density at radius 2 is 1.11 bits per heavy atom. The number of carboxylic acids is 2. The van der Waals surface area contributed by atoms with Gasteiger partial charge in [0.05, 0.1) is 0 Å². The lowest BCUT2D eigenvalue weighted by Crippen LogP contribution is -2.60. The van der Waals surface area contributed by atoms with Gasteiger partial charge in [-0.3, -0.25) is 33.6 Å². The zero-order valence-corrected chi connectivity index (χ0v) is 34.8. The molecule has 8 N–H and O–H groups in total. The van der Waals surface area contributed by atoms with Gasteiger partial charge in [0.15, 0.2) is 0 Å². The molecule has 6 amide bonds. The lowest BCUT2D eigenvalue weighted by atomic mass is 9.99. The Balaban J connectivity index is 3.29. The fraction of sp³-hybridized carbons (Fsp3) is 0.659. The standard InChI is InChI=1S/C41H66N6O10/c1-9-10-11-12-16-19-32(48)46-34(25(4)5)40(55)45-31(23-28-17-14-13-15-18-28)39(54)43-29(20-21-33(49)50)37(52)44-30(22-24(2)3)38(53)42-27(8)36(51)47-35(26(6)7)41(56)57/h13-15,17-18,24-27,29-31,34-35H,9-12,16,19-23H2,1-8H3,(H,42,53)(H,43,54)(H,44,52)(H,45,55)(H,46,48)(H,47,51)(H,49,50)(H,56,57)/t27-,29-,30-,31-,34-,35-/m0/s1. The molecular formula is C41H66N6O10. The molecule has 16 heteroatoms. The zero-order chi connectivity index (χ0) is 43.2. The Labute approximate surface area is 336 Å². The Hall–Kier alpha value is -5.02. The third kappa shape index (κ3) is 19.6. The van der Waals surface area contributed by atoms with E-state index in [4.69, 9.17) is 0 Å². The third-order valence-electron chi connectivity index (χ3n) is 9.29. The molecular weight excluding hydrogens is 736 g/mol. The van der Waals surface area contributed by atoms with Crippen molar-refractivity contribution in [3.05, 3.63) is 35.9 Å². The first-order valence-electron chi connectivity index (χ1n) is 20.1. The van der Waals surface area contributed by atoms with Gasteiger partial charge in [0.2, 0.25) is 35.4 Å². The highest BCUT2D eigenvalue weighted by Crippen LogP contribution is 2.12. The van der Waals surface area contributed by atoms with Crippen molar-refractivity contribution < 1.29 is 48.6 Å². The van der Waals surface area contributed by atoms with Crippen molar-refractivity contribution in [1.29, 1.82) is 0 Å². The van der Waals surface area contributed by atoms with Crippen LogP contribution in [0.4, 0.5) is 0 Å². The second-order valence-corrected chi connectivity index (χ2v) is 15.7. The Morgan fingerprint density at radius 1 is 0.561 bits per heavy atom. The van der Waals surface area contributed by atoms with Gasteiger partial charge in [-0.25, -0.2) is 4.79 Å². The summed E-state index contributed by atoms with van der Waals surface area (Å²) in [5.41, 5.74) is 0.677. The van der Waals surface area contributed by atoms with Gasteiger partial charge in [-0.2, -0.15) is 0 Å². The number of benzene rings is 1. The van der Waals surface area contributed by atoms with Gasteiger partial charge in [-0.15, -0.1) is 0 Å². The summed E-state index contributed by atoms with van der Waals surface area (Å²) < 4.78 is 0. The van der Waals surface area contributed by atoms with Gasteiger partial charge >= 0.3 is 11.9 Å². The van der Waals surface area contributed by atoms with E-state index in [2.05, 4.69) is 38.8 Å². The summed E-state index contributed by atoms with van der Waals surface area (Å²) >= 11 is 0. The van der Waals surface area contributed by atoms with Crippen LogP contribution < -0.4 is 31.9 Å². The molecule has 0 aliphatic carbocycles. The van der Waals surface area contributed by atoms with Crippen molar-refractivity contribution in [2.24, 2.45) is 17.8 Å². The zero-order valence-electron chi connectivity index (χ0n) is 34.8. The van der Waals surface area contributed by atoms with Gasteiger partial charge in [0.25, 0.3) is 0 Å². The maximum absolute atomic E-state index is 14.0. The van der Waals surface area contributed by atoms with Crippen LogP contribution in [0.15, 0.2) is 30.3 Å². The number of hydrogen-bond acceptors (Lipinski definition) is 8. The normalized spacial score (nSPS) is 14.4. The van der Waals surface area contributed by atoms with Crippen LogP contribution in [0.5, 0.6) is 0 Å². The first kappa shape index (κ1) is 50.0. The maximum Gasteiger partial charge on any atom is 0.326 e. The van der Waals surface area contributed by atoms with Crippen LogP contribution >= 0.6 is 0 Å². The van der Waals surface area contributed by atoms with Crippen molar-refractivity contribution in [2.75, 3.05) is 0 Å². The van der Waals surface area contributed by atoms with Crippen LogP contribution in [0, 0.1) is 17.8 Å². The fourth-order valence-electron chi connectivity index (χ4n) is 5.95. The SMILES string of the molecule is CCCCCCCC(=O)N[C@H](C(=O)N[C@@H](Cc1ccccc1)C(=O)N[C@@H](CCC(=O)O)C(=O)N[C@@H](CC(C)C)C(=O)N[C@@H](C)C(=O)N[C@H](C(=O)O)C(C)C)C(C)C. The maximum atomic E-state index is 14.0. The molecule has 16 nitrogen and oxygen atoms in total. The monoisotopic (exact) mass is 802 g/mol. The van der Waals surface area contributed by atoms with Crippen molar-refractivity contribution >= 4 is 47.4 Å². The van der Waals surface area contributed by atoms with Crippen molar-refractivity contribution in [3.63, 3.8) is 0 Å². The topological polar surface area (TPSA) is 249 Å². The van der Waals surface area contributed by atoms with Gasteiger partial charge < -0.3 is 42.1 Å². The number of nitrogens with one attached hydrogen (secondary N) is 6. The van der Waals surface area contributed by atoms with Gasteiger partial charge in [0.1, 0.15) is 36.3 Å². The lowest BCUT2D eigenvalue weighted by molar-refractivity contribution is -0.143. The molecule has 57 heavy (non-hydrogen) atoms. The van der Waals surface area contributed by atoms with Gasteiger partial charge in [0, 0.05) is 19.3 Å². The van der Waals surface area contributed by atoms with E-state index >= 15 is 0 Å². The number of rotatable bonds is 27. The van der Waals surface area contributed by atoms with Crippen molar-refractivity contribution in [3.8, 4) is 0 Å². The molecule has 0 bridgehead atoms. The smallest absolute Gasteiger partial charge is 0.326 e. The Kier molecular flexibility index (Phi) is 22.8. The summed E-state index contributed by atoms with van der Waals surface area (Å²) in [5.74, 6) is -7.47. The van der Waals surface area contributed by atoms with E-state index in [9.17, 15) is 48.6 Å². The number of amides is 6. The number of unbranched alkanes of at least 4 members (excludes halogenated alkanes) is 4. The van der Waals surface area contributed by atoms with E-state index < -0.39 is 90.1 Å². The van der Waals surface area contributed by atoms with Gasteiger partial charge in [-0.1, -0.05) is 104 Å². The predicted molar refractivity (Wildman–Crippen MR) is 214 cm³/mol. The lowest BCUT2D eigenvalue weighted by Gasteiger charge is -2.28. The molecule has 0 fully saturated rings. The summed E-state index contributed by atoms with van der Waals surface area (Å²) in [5, 5.41) is 34.5. The first-order valence-corrected chi connectivity index (χ1v) is 20.1. The minimum Gasteiger partial charge on any atom is -0.481 e. The Morgan fingerprint density at radius 3 is 1.65 bits per heavy atom. The summed E-state index contributed by atoms with van der Waals surface area (Å²) in [6, 6.07) is 1.53. The molecule has 0 saturated heterocycles. The molecule has 0 saturated carbocycles. The van der Waals surface area contributed by atoms with Crippen LogP contribution in [-0.4, -0.2) is 93.8 Å². The first-order chi connectivity index (χ1) is 26.8. The largest absolute Gasteiger partial charge is 0.481 e. The van der Waals surface area contributed by atoms with E-state index in [0.717, 1.165) is 25.7 Å².